The van der Waals surface area contributed by atoms with Gasteiger partial charge in [-0.3, -0.25) is 4.79 Å². The maximum absolute atomic E-state index is 12.6. The molecule has 3 aliphatic carbocycles. The number of carbonyl (C=O) groups is 3. The van der Waals surface area contributed by atoms with Crippen LogP contribution in [0.1, 0.15) is 42.7 Å². The third kappa shape index (κ3) is 4.69. The molecule has 0 aliphatic heterocycles. The van der Waals surface area contributed by atoms with Crippen LogP contribution in [-0.2, 0) is 14.3 Å². The quantitative estimate of drug-likeness (QED) is 0.519. The van der Waals surface area contributed by atoms with Gasteiger partial charge in [-0.15, -0.1) is 0 Å². The maximum atomic E-state index is 12.6. The topological polar surface area (TPSA) is 105 Å². The summed E-state index contributed by atoms with van der Waals surface area (Å²) in [6.07, 6.45) is 5.85. The molecule has 7 heteroatoms. The van der Waals surface area contributed by atoms with Crippen LogP contribution in [0.3, 0.4) is 0 Å². The van der Waals surface area contributed by atoms with Crippen molar-refractivity contribution in [3.63, 3.8) is 0 Å². The van der Waals surface area contributed by atoms with E-state index in [1.165, 1.54) is 11.1 Å². The van der Waals surface area contributed by atoms with E-state index in [9.17, 15) is 19.5 Å². The van der Waals surface area contributed by atoms with Crippen LogP contribution in [0.5, 0.6) is 0 Å². The highest BCUT2D eigenvalue weighted by Crippen LogP contribution is 2.44. The van der Waals surface area contributed by atoms with E-state index >= 15 is 0 Å². The van der Waals surface area contributed by atoms with E-state index in [1.54, 1.807) is 12.2 Å². The van der Waals surface area contributed by atoms with Crippen molar-refractivity contribution in [3.8, 4) is 11.1 Å². The number of carboxylic acid groups (broad SMARTS) is 1. The molecule has 3 atom stereocenters. The van der Waals surface area contributed by atoms with Crippen molar-refractivity contribution in [1.29, 1.82) is 0 Å². The Labute approximate surface area is 198 Å². The van der Waals surface area contributed by atoms with Crippen LogP contribution in [0.4, 0.5) is 4.79 Å². The predicted octanol–water partition coefficient (Wildman–Crippen LogP) is 3.84. The number of ether oxygens (including phenoxy) is 1. The fourth-order valence-electron chi connectivity index (χ4n) is 4.98. The van der Waals surface area contributed by atoms with E-state index in [1.807, 2.05) is 24.3 Å². The smallest absolute Gasteiger partial charge is 0.407 e. The molecule has 2 amide bonds. The lowest BCUT2D eigenvalue weighted by Gasteiger charge is -2.18. The molecule has 34 heavy (non-hydrogen) atoms. The number of hydrogen-bond donors (Lipinski definition) is 3. The molecule has 3 N–H and O–H groups in total. The van der Waals surface area contributed by atoms with Gasteiger partial charge in [0.1, 0.15) is 12.6 Å². The number of fused-ring (bicyclic) bond motifs is 3. The van der Waals surface area contributed by atoms with Crippen LogP contribution in [0.2, 0.25) is 0 Å². The lowest BCUT2D eigenvalue weighted by atomic mass is 9.98. The van der Waals surface area contributed by atoms with Crippen molar-refractivity contribution in [3.05, 3.63) is 71.8 Å². The highest BCUT2D eigenvalue weighted by Gasteiger charge is 2.34. The zero-order chi connectivity index (χ0) is 23.7. The Bertz CT molecular complexity index is 1090. The van der Waals surface area contributed by atoms with Gasteiger partial charge in [0.05, 0.1) is 12.0 Å². The monoisotopic (exact) mass is 460 g/mol. The van der Waals surface area contributed by atoms with Gasteiger partial charge < -0.3 is 20.5 Å². The predicted molar refractivity (Wildman–Crippen MR) is 126 cm³/mol. The molecule has 2 aromatic rings. The molecule has 0 spiro atoms. The minimum Gasteiger partial charge on any atom is -0.480 e. The molecular weight excluding hydrogens is 432 g/mol. The van der Waals surface area contributed by atoms with Gasteiger partial charge in [-0.05, 0) is 41.0 Å². The number of benzene rings is 2. The third-order valence-corrected chi connectivity index (χ3v) is 6.95. The molecule has 0 heterocycles. The van der Waals surface area contributed by atoms with Crippen molar-refractivity contribution in [2.45, 2.75) is 43.7 Å². The van der Waals surface area contributed by atoms with Gasteiger partial charge in [-0.1, -0.05) is 73.5 Å². The summed E-state index contributed by atoms with van der Waals surface area (Å²) in [5.74, 6) is -1.42. The molecule has 0 radical (unpaired) electrons. The molecule has 3 unspecified atom stereocenters. The average Bonchev–Trinajstić information content (AvgIpc) is 3.43. The third-order valence-electron chi connectivity index (χ3n) is 6.95. The highest BCUT2D eigenvalue weighted by molar-refractivity contribution is 5.86. The maximum Gasteiger partial charge on any atom is 0.407 e. The first-order valence-electron chi connectivity index (χ1n) is 11.8. The largest absolute Gasteiger partial charge is 0.480 e. The van der Waals surface area contributed by atoms with E-state index in [-0.39, 0.29) is 24.5 Å². The molecule has 3 aliphatic rings. The van der Waals surface area contributed by atoms with E-state index < -0.39 is 24.0 Å². The van der Waals surface area contributed by atoms with Crippen LogP contribution in [0.25, 0.3) is 11.1 Å². The Balaban J connectivity index is 1.13. The number of aliphatic carboxylic acids is 1. The van der Waals surface area contributed by atoms with Crippen LogP contribution in [-0.4, -0.2) is 41.8 Å². The van der Waals surface area contributed by atoms with Gasteiger partial charge in [0.15, 0.2) is 0 Å². The Morgan fingerprint density at radius 1 is 0.971 bits per heavy atom. The van der Waals surface area contributed by atoms with Crippen molar-refractivity contribution in [2.75, 3.05) is 6.61 Å². The minimum absolute atomic E-state index is 0.0183. The summed E-state index contributed by atoms with van der Waals surface area (Å²) < 4.78 is 5.58. The second-order valence-electron chi connectivity index (χ2n) is 9.38. The van der Waals surface area contributed by atoms with Crippen molar-refractivity contribution in [2.24, 2.45) is 11.8 Å². The summed E-state index contributed by atoms with van der Waals surface area (Å²) in [6, 6.07) is 15.1. The Kier molecular flexibility index (Phi) is 6.09. The standard InChI is InChI=1S/C27H28N2O5/c30-25(29-24(26(31)32)13-16-9-10-16)17-11-12-18(14-17)28-27(33)34-15-23-21-7-3-1-5-19(21)20-6-2-4-8-22(20)23/h1-8,11-12,16-18,23-24H,9-10,13-15H2,(H,28,33)(H,29,30)(H,31,32). The lowest BCUT2D eigenvalue weighted by molar-refractivity contribution is -0.142. The second-order valence-corrected chi connectivity index (χ2v) is 9.38. The summed E-state index contributed by atoms with van der Waals surface area (Å²) in [6.45, 7) is 0.224. The first-order valence-corrected chi connectivity index (χ1v) is 11.8. The van der Waals surface area contributed by atoms with Gasteiger partial charge >= 0.3 is 12.1 Å². The number of amides is 2. The molecule has 0 saturated heterocycles. The number of hydrogen-bond acceptors (Lipinski definition) is 4. The first kappa shape index (κ1) is 22.2. The van der Waals surface area contributed by atoms with Gasteiger partial charge in [-0.2, -0.15) is 0 Å². The van der Waals surface area contributed by atoms with E-state index in [0.717, 1.165) is 24.0 Å². The normalized spacial score (nSPS) is 21.4. The highest BCUT2D eigenvalue weighted by atomic mass is 16.5. The molecule has 2 aromatic carbocycles. The van der Waals surface area contributed by atoms with E-state index in [0.29, 0.717) is 18.8 Å². The van der Waals surface area contributed by atoms with Crippen LogP contribution in [0.15, 0.2) is 60.7 Å². The van der Waals surface area contributed by atoms with Crippen LogP contribution >= 0.6 is 0 Å². The Hall–Kier alpha value is -3.61. The molecule has 0 bridgehead atoms. The number of nitrogens with one attached hydrogen (secondary N) is 2. The van der Waals surface area contributed by atoms with Crippen LogP contribution < -0.4 is 10.6 Å². The molecule has 0 aromatic heterocycles. The summed E-state index contributed by atoms with van der Waals surface area (Å²) in [5.41, 5.74) is 4.63. The summed E-state index contributed by atoms with van der Waals surface area (Å²) >= 11 is 0. The zero-order valence-electron chi connectivity index (χ0n) is 18.8. The van der Waals surface area contributed by atoms with Crippen molar-refractivity contribution >= 4 is 18.0 Å². The SMILES string of the molecule is O=C(NC1C=CC(C(=O)NC(CC2CC2)C(=O)O)C1)OCC1c2ccccc2-c2ccccc21. The molecule has 7 nitrogen and oxygen atoms in total. The van der Waals surface area contributed by atoms with E-state index in [2.05, 4.69) is 34.9 Å². The van der Waals surface area contributed by atoms with Crippen molar-refractivity contribution in [1.82, 2.24) is 10.6 Å². The minimum atomic E-state index is -1.00. The summed E-state index contributed by atoms with van der Waals surface area (Å²) in [5, 5.41) is 14.8. The fourth-order valence-corrected chi connectivity index (χ4v) is 4.98. The molecule has 176 valence electrons. The van der Waals surface area contributed by atoms with Gasteiger partial charge in [0.25, 0.3) is 0 Å². The first-order chi connectivity index (χ1) is 16.5. The van der Waals surface area contributed by atoms with E-state index in [4.69, 9.17) is 4.74 Å². The Morgan fingerprint density at radius 3 is 2.24 bits per heavy atom. The number of carboxylic acids is 1. The summed E-state index contributed by atoms with van der Waals surface area (Å²) in [4.78, 5) is 36.5. The lowest BCUT2D eigenvalue weighted by Crippen LogP contribution is -2.44. The van der Waals surface area contributed by atoms with Gasteiger partial charge in [-0.25, -0.2) is 9.59 Å². The molecule has 5 rings (SSSR count). The Morgan fingerprint density at radius 2 is 1.62 bits per heavy atom. The summed E-state index contributed by atoms with van der Waals surface area (Å²) in [7, 11) is 0. The molecule has 1 fully saturated rings. The van der Waals surface area contributed by atoms with Crippen LogP contribution in [0, 0.1) is 11.8 Å². The van der Waals surface area contributed by atoms with Gasteiger partial charge in [0.2, 0.25) is 5.91 Å². The second kappa shape index (κ2) is 9.33. The average molecular weight is 461 g/mol. The zero-order valence-corrected chi connectivity index (χ0v) is 18.8. The fraction of sp³-hybridized carbons (Fsp3) is 0.370. The van der Waals surface area contributed by atoms with Gasteiger partial charge in [0, 0.05) is 5.92 Å². The number of carbonyl (C=O) groups excluding carboxylic acids is 2. The molecular formula is C27H28N2O5. The number of alkyl carbamates (subject to hydrolysis) is 1. The number of rotatable bonds is 8. The molecule has 1 saturated carbocycles. The van der Waals surface area contributed by atoms with Crippen molar-refractivity contribution < 1.29 is 24.2 Å².